The first-order valence-corrected chi connectivity index (χ1v) is 7.86. The lowest BCUT2D eigenvalue weighted by molar-refractivity contribution is -0.139. The van der Waals surface area contributed by atoms with E-state index in [0.29, 0.717) is 12.7 Å². The molecule has 3 atom stereocenters. The number of carbonyl (C=O) groups excluding carboxylic acids is 4. The fraction of sp³-hybridized carbons (Fsp3) is 0.667. The molecule has 10 heteroatoms. The number of carboxylic acid groups (broad SMARTS) is 1. The van der Waals surface area contributed by atoms with Gasteiger partial charge in [0.05, 0.1) is 25.0 Å². The van der Waals surface area contributed by atoms with Gasteiger partial charge in [-0.05, 0) is 19.3 Å². The predicted molar refractivity (Wildman–Crippen MR) is 88.3 cm³/mol. The Bertz CT molecular complexity index is 508. The average Bonchev–Trinajstić information content (AvgIpc) is 2.50. The number of carboxylic acids is 1. The van der Waals surface area contributed by atoms with E-state index in [9.17, 15) is 24.0 Å². The number of aliphatic carboxylic acids is 1. The summed E-state index contributed by atoms with van der Waals surface area (Å²) in [6, 6.07) is -2.91. The van der Waals surface area contributed by atoms with Gasteiger partial charge in [0.1, 0.15) is 12.3 Å². The lowest BCUT2D eigenvalue weighted by atomic mass is 10.1. The van der Waals surface area contributed by atoms with E-state index >= 15 is 0 Å². The number of hydrogen-bond donors (Lipinski definition) is 5. The van der Waals surface area contributed by atoms with Gasteiger partial charge in [-0.15, -0.1) is 0 Å². The molecule has 0 aliphatic heterocycles. The Morgan fingerprint density at radius 3 is 2.16 bits per heavy atom. The van der Waals surface area contributed by atoms with Gasteiger partial charge in [-0.25, -0.2) is 0 Å². The van der Waals surface area contributed by atoms with Crippen molar-refractivity contribution < 1.29 is 29.1 Å². The van der Waals surface area contributed by atoms with Crippen LogP contribution >= 0.6 is 0 Å². The van der Waals surface area contributed by atoms with Crippen LogP contribution in [0.4, 0.5) is 0 Å². The van der Waals surface area contributed by atoms with Crippen LogP contribution in [0.2, 0.25) is 0 Å². The van der Waals surface area contributed by atoms with Gasteiger partial charge in [0.2, 0.25) is 17.7 Å². The van der Waals surface area contributed by atoms with Crippen molar-refractivity contribution in [1.29, 1.82) is 0 Å². The van der Waals surface area contributed by atoms with E-state index in [0.717, 1.165) is 0 Å². The third kappa shape index (κ3) is 10.1. The molecule has 0 radical (unpaired) electrons. The van der Waals surface area contributed by atoms with E-state index in [2.05, 4.69) is 16.0 Å². The number of nitrogens with two attached hydrogens (primary N) is 1. The molecule has 0 fully saturated rings. The first kappa shape index (κ1) is 22.5. The molecule has 0 saturated heterocycles. The standard InChI is InChI=1S/C15H26N4O6/c1-8(2)4-10(7-20)19-12(21)6-17-14(24)9(3)18-15(25)11(16)5-13(22)23/h7-11H,4-6,16H2,1-3H3,(H,17,24)(H,18,25)(H,19,21)(H,22,23)/t9-,10-,11-/m0/s1. The molecule has 3 amide bonds. The average molecular weight is 358 g/mol. The summed E-state index contributed by atoms with van der Waals surface area (Å²) in [4.78, 5) is 56.5. The summed E-state index contributed by atoms with van der Waals surface area (Å²) in [5.74, 6) is -2.98. The largest absolute Gasteiger partial charge is 0.481 e. The van der Waals surface area contributed by atoms with Crippen molar-refractivity contribution in [1.82, 2.24) is 16.0 Å². The normalized spacial score (nSPS) is 14.1. The number of hydrogen-bond acceptors (Lipinski definition) is 6. The van der Waals surface area contributed by atoms with Crippen LogP contribution in [0.5, 0.6) is 0 Å². The van der Waals surface area contributed by atoms with E-state index in [1.807, 2.05) is 13.8 Å². The van der Waals surface area contributed by atoms with Crippen LogP contribution in [0.25, 0.3) is 0 Å². The molecule has 10 nitrogen and oxygen atoms in total. The zero-order valence-electron chi connectivity index (χ0n) is 14.6. The molecule has 0 aliphatic carbocycles. The summed E-state index contributed by atoms with van der Waals surface area (Å²) in [6.07, 6.45) is 0.551. The summed E-state index contributed by atoms with van der Waals surface area (Å²) in [5.41, 5.74) is 5.38. The number of nitrogens with one attached hydrogen (secondary N) is 3. The minimum absolute atomic E-state index is 0.218. The number of aldehydes is 1. The number of amides is 3. The molecule has 0 aromatic carbocycles. The van der Waals surface area contributed by atoms with Gasteiger partial charge < -0.3 is 31.6 Å². The molecular formula is C15H26N4O6. The molecule has 0 saturated carbocycles. The second kappa shape index (κ2) is 11.1. The van der Waals surface area contributed by atoms with Crippen LogP contribution in [0, 0.1) is 5.92 Å². The molecule has 0 aromatic heterocycles. The molecular weight excluding hydrogens is 332 g/mol. The molecule has 0 unspecified atom stereocenters. The van der Waals surface area contributed by atoms with Crippen LogP contribution in [-0.2, 0) is 24.0 Å². The van der Waals surface area contributed by atoms with Gasteiger partial charge >= 0.3 is 5.97 Å². The Labute approximate surface area is 145 Å². The Morgan fingerprint density at radius 1 is 1.08 bits per heavy atom. The van der Waals surface area contributed by atoms with Crippen molar-refractivity contribution in [2.75, 3.05) is 6.54 Å². The number of carbonyl (C=O) groups is 5. The van der Waals surface area contributed by atoms with Gasteiger partial charge in [0.25, 0.3) is 0 Å². The topological polar surface area (TPSA) is 168 Å². The second-order valence-electron chi connectivity index (χ2n) is 6.09. The van der Waals surface area contributed by atoms with Gasteiger partial charge in [0, 0.05) is 0 Å². The van der Waals surface area contributed by atoms with E-state index in [-0.39, 0.29) is 12.5 Å². The minimum atomic E-state index is -1.28. The van der Waals surface area contributed by atoms with Gasteiger partial charge in [-0.2, -0.15) is 0 Å². The fourth-order valence-corrected chi connectivity index (χ4v) is 1.90. The van der Waals surface area contributed by atoms with E-state index in [1.165, 1.54) is 6.92 Å². The summed E-state index contributed by atoms with van der Waals surface area (Å²) in [6.45, 7) is 4.82. The second-order valence-corrected chi connectivity index (χ2v) is 6.09. The summed E-state index contributed by atoms with van der Waals surface area (Å²) < 4.78 is 0. The SMILES string of the molecule is CC(C)C[C@@H](C=O)NC(=O)CNC(=O)[C@H](C)NC(=O)[C@@H](N)CC(=O)O. The van der Waals surface area contributed by atoms with Crippen molar-refractivity contribution in [3.63, 3.8) is 0 Å². The highest BCUT2D eigenvalue weighted by Crippen LogP contribution is 2.02. The van der Waals surface area contributed by atoms with Gasteiger partial charge in [-0.1, -0.05) is 13.8 Å². The molecule has 142 valence electrons. The van der Waals surface area contributed by atoms with Gasteiger partial charge in [0.15, 0.2) is 0 Å². The lowest BCUT2D eigenvalue weighted by Gasteiger charge is -2.17. The number of rotatable bonds is 11. The van der Waals surface area contributed by atoms with Crippen molar-refractivity contribution in [3.05, 3.63) is 0 Å². The van der Waals surface area contributed by atoms with Crippen LogP contribution < -0.4 is 21.7 Å². The molecule has 0 bridgehead atoms. The highest BCUT2D eigenvalue weighted by Gasteiger charge is 2.22. The van der Waals surface area contributed by atoms with Gasteiger partial charge in [-0.3, -0.25) is 19.2 Å². The highest BCUT2D eigenvalue weighted by atomic mass is 16.4. The van der Waals surface area contributed by atoms with Crippen molar-refractivity contribution in [2.24, 2.45) is 11.7 Å². The van der Waals surface area contributed by atoms with Crippen molar-refractivity contribution in [3.8, 4) is 0 Å². The Balaban J connectivity index is 4.31. The molecule has 0 heterocycles. The maximum Gasteiger partial charge on any atom is 0.305 e. The molecule has 25 heavy (non-hydrogen) atoms. The molecule has 0 aromatic rings. The Hall–Kier alpha value is -2.49. The maximum absolute atomic E-state index is 11.8. The quantitative estimate of drug-likeness (QED) is 0.270. The van der Waals surface area contributed by atoms with Crippen molar-refractivity contribution in [2.45, 2.75) is 51.7 Å². The van der Waals surface area contributed by atoms with E-state index < -0.39 is 48.2 Å². The van der Waals surface area contributed by atoms with Crippen LogP contribution in [0.3, 0.4) is 0 Å². The third-order valence-electron chi connectivity index (χ3n) is 3.14. The summed E-state index contributed by atoms with van der Waals surface area (Å²) >= 11 is 0. The molecule has 0 aliphatic rings. The third-order valence-corrected chi connectivity index (χ3v) is 3.14. The Kier molecular flexibility index (Phi) is 10.0. The molecule has 0 rings (SSSR count). The smallest absolute Gasteiger partial charge is 0.305 e. The fourth-order valence-electron chi connectivity index (χ4n) is 1.90. The molecule has 6 N–H and O–H groups in total. The van der Waals surface area contributed by atoms with E-state index in [4.69, 9.17) is 10.8 Å². The Morgan fingerprint density at radius 2 is 1.68 bits per heavy atom. The van der Waals surface area contributed by atoms with Crippen molar-refractivity contribution >= 4 is 30.0 Å². The summed E-state index contributed by atoms with van der Waals surface area (Å²) in [5, 5.41) is 15.6. The monoisotopic (exact) mass is 358 g/mol. The molecule has 0 spiro atoms. The first-order chi connectivity index (χ1) is 11.6. The van der Waals surface area contributed by atoms with Crippen LogP contribution in [-0.4, -0.2) is 59.8 Å². The summed E-state index contributed by atoms with van der Waals surface area (Å²) in [7, 11) is 0. The highest BCUT2D eigenvalue weighted by molar-refractivity contribution is 5.92. The maximum atomic E-state index is 11.8. The predicted octanol–water partition coefficient (Wildman–Crippen LogP) is -1.86. The first-order valence-electron chi connectivity index (χ1n) is 7.86. The minimum Gasteiger partial charge on any atom is -0.481 e. The van der Waals surface area contributed by atoms with E-state index in [1.54, 1.807) is 0 Å². The zero-order chi connectivity index (χ0) is 19.6. The zero-order valence-corrected chi connectivity index (χ0v) is 14.6. The van der Waals surface area contributed by atoms with Crippen LogP contribution in [0.1, 0.15) is 33.6 Å². The lowest BCUT2D eigenvalue weighted by Crippen LogP contribution is -2.52. The van der Waals surface area contributed by atoms with Crippen LogP contribution in [0.15, 0.2) is 0 Å².